The van der Waals surface area contributed by atoms with Gasteiger partial charge in [-0.05, 0) is 35.6 Å². The van der Waals surface area contributed by atoms with E-state index in [0.29, 0.717) is 11.6 Å². The van der Waals surface area contributed by atoms with Crippen LogP contribution < -0.4 is 10.6 Å². The summed E-state index contributed by atoms with van der Waals surface area (Å²) in [5.41, 5.74) is 4.54. The van der Waals surface area contributed by atoms with Crippen molar-refractivity contribution in [1.29, 1.82) is 0 Å². The van der Waals surface area contributed by atoms with Crippen molar-refractivity contribution in [2.24, 2.45) is 0 Å². The zero-order chi connectivity index (χ0) is 24.9. The molecule has 1 heterocycles. The van der Waals surface area contributed by atoms with Crippen molar-refractivity contribution in [1.82, 2.24) is 10.3 Å². The molecule has 2 atom stereocenters. The van der Waals surface area contributed by atoms with E-state index in [4.69, 9.17) is 9.84 Å². The van der Waals surface area contributed by atoms with Crippen molar-refractivity contribution in [3.8, 4) is 11.1 Å². The Balaban J connectivity index is 1.28. The van der Waals surface area contributed by atoms with E-state index >= 15 is 0 Å². The van der Waals surface area contributed by atoms with E-state index < -0.39 is 30.1 Å². The van der Waals surface area contributed by atoms with Gasteiger partial charge in [0.2, 0.25) is 5.91 Å². The second kappa shape index (κ2) is 10.7. The van der Waals surface area contributed by atoms with Crippen LogP contribution in [0.5, 0.6) is 0 Å². The van der Waals surface area contributed by atoms with Gasteiger partial charge in [-0.3, -0.25) is 10.1 Å². The first-order valence-corrected chi connectivity index (χ1v) is 11.9. The smallest absolute Gasteiger partial charge is 0.413 e. The summed E-state index contributed by atoms with van der Waals surface area (Å²) in [6.07, 6.45) is 0.0328. The van der Waals surface area contributed by atoms with E-state index in [-0.39, 0.29) is 18.9 Å². The fourth-order valence-electron chi connectivity index (χ4n) is 4.07. The van der Waals surface area contributed by atoms with Gasteiger partial charge < -0.3 is 20.3 Å². The molecule has 4 rings (SSSR count). The predicted molar refractivity (Wildman–Crippen MR) is 130 cm³/mol. The molecule has 182 valence electrons. The van der Waals surface area contributed by atoms with Crippen molar-refractivity contribution in [3.63, 3.8) is 0 Å². The minimum atomic E-state index is -1.37. The maximum absolute atomic E-state index is 12.4. The SMILES string of the molecule is C[C@@H](O)[C@H](NC(=O)CCc1cnc(NC(=O)OCC2c3ccccc3-c3ccccc32)s1)C(=O)O. The molecule has 2 aromatic carbocycles. The molecule has 3 aromatic rings. The van der Waals surface area contributed by atoms with Gasteiger partial charge in [-0.25, -0.2) is 14.6 Å². The van der Waals surface area contributed by atoms with Crippen molar-refractivity contribution < 1.29 is 29.3 Å². The number of aliphatic hydroxyl groups excluding tert-OH is 1. The van der Waals surface area contributed by atoms with Gasteiger partial charge in [0.05, 0.1) is 6.10 Å². The topological polar surface area (TPSA) is 138 Å². The first kappa shape index (κ1) is 24.4. The van der Waals surface area contributed by atoms with Gasteiger partial charge in [0.25, 0.3) is 0 Å². The van der Waals surface area contributed by atoms with E-state index in [1.54, 1.807) is 6.20 Å². The average molecular weight is 496 g/mol. The highest BCUT2D eigenvalue weighted by Crippen LogP contribution is 2.44. The standard InChI is InChI=1S/C25H25N3O6S/c1-14(29)22(23(31)32)27-21(30)11-10-15-12-26-24(35-15)28-25(33)34-13-20-18-8-4-2-6-16(18)17-7-3-5-9-19(17)20/h2-9,12,14,20,22,29H,10-11,13H2,1H3,(H,27,30)(H,31,32)(H,26,28,33)/t14-,22+/m1/s1. The highest BCUT2D eigenvalue weighted by atomic mass is 32.1. The van der Waals surface area contributed by atoms with Crippen LogP contribution in [0.4, 0.5) is 9.93 Å². The number of carboxylic acids is 1. The number of nitrogens with zero attached hydrogens (tertiary/aromatic N) is 1. The number of aliphatic hydroxyl groups is 1. The number of carbonyl (C=O) groups is 3. The lowest BCUT2D eigenvalue weighted by molar-refractivity contribution is -0.144. The first-order chi connectivity index (χ1) is 16.8. The number of hydrogen-bond acceptors (Lipinski definition) is 7. The summed E-state index contributed by atoms with van der Waals surface area (Å²) in [6, 6.07) is 14.8. The largest absolute Gasteiger partial charge is 0.480 e. The molecule has 1 aliphatic rings. The van der Waals surface area contributed by atoms with Crippen LogP contribution in [0.1, 0.15) is 35.3 Å². The molecule has 1 aliphatic carbocycles. The monoisotopic (exact) mass is 495 g/mol. The third-order valence-electron chi connectivity index (χ3n) is 5.77. The number of aromatic nitrogens is 1. The van der Waals surface area contributed by atoms with Crippen LogP contribution >= 0.6 is 11.3 Å². The van der Waals surface area contributed by atoms with Crippen LogP contribution in [0, 0.1) is 0 Å². The van der Waals surface area contributed by atoms with Crippen LogP contribution in [0.25, 0.3) is 11.1 Å². The lowest BCUT2D eigenvalue weighted by Crippen LogP contribution is -2.47. The Morgan fingerprint density at radius 2 is 1.71 bits per heavy atom. The maximum atomic E-state index is 12.4. The van der Waals surface area contributed by atoms with Crippen molar-refractivity contribution in [2.75, 3.05) is 11.9 Å². The number of hydrogen-bond donors (Lipinski definition) is 4. The number of nitrogens with one attached hydrogen (secondary N) is 2. The minimum Gasteiger partial charge on any atom is -0.480 e. The molecule has 0 spiro atoms. The zero-order valence-corrected chi connectivity index (χ0v) is 19.7. The first-order valence-electron chi connectivity index (χ1n) is 11.1. The Labute approximate surface area is 205 Å². The van der Waals surface area contributed by atoms with Crippen molar-refractivity contribution >= 4 is 34.4 Å². The van der Waals surface area contributed by atoms with Crippen LogP contribution in [-0.4, -0.2) is 51.9 Å². The van der Waals surface area contributed by atoms with Crippen LogP contribution in [0.3, 0.4) is 0 Å². The molecule has 0 saturated carbocycles. The van der Waals surface area contributed by atoms with Gasteiger partial charge in [-0.15, -0.1) is 11.3 Å². The number of carbonyl (C=O) groups excluding carboxylic acids is 2. The summed E-state index contributed by atoms with van der Waals surface area (Å²) in [6.45, 7) is 1.48. The van der Waals surface area contributed by atoms with Gasteiger partial charge in [-0.2, -0.15) is 0 Å². The highest BCUT2D eigenvalue weighted by molar-refractivity contribution is 7.15. The Kier molecular flexibility index (Phi) is 7.42. The number of benzene rings is 2. The molecule has 0 fully saturated rings. The van der Waals surface area contributed by atoms with E-state index in [1.165, 1.54) is 18.3 Å². The second-order valence-corrected chi connectivity index (χ2v) is 9.32. The summed E-state index contributed by atoms with van der Waals surface area (Å²) in [5, 5.41) is 23.7. The lowest BCUT2D eigenvalue weighted by Gasteiger charge is -2.16. The third kappa shape index (κ3) is 5.67. The number of aryl methyl sites for hydroxylation is 1. The minimum absolute atomic E-state index is 0.0169. The molecule has 2 amide bonds. The molecule has 0 saturated heterocycles. The summed E-state index contributed by atoms with van der Waals surface area (Å²) < 4.78 is 5.51. The van der Waals surface area contributed by atoms with Crippen molar-refractivity contribution in [3.05, 3.63) is 70.7 Å². The quantitative estimate of drug-likeness (QED) is 0.357. The molecule has 10 heteroatoms. The number of amides is 2. The Morgan fingerprint density at radius 1 is 1.09 bits per heavy atom. The van der Waals surface area contributed by atoms with Crippen molar-refractivity contribution in [2.45, 2.75) is 37.8 Å². The molecule has 35 heavy (non-hydrogen) atoms. The Bertz CT molecular complexity index is 1200. The predicted octanol–water partition coefficient (Wildman–Crippen LogP) is 3.39. The third-order valence-corrected chi connectivity index (χ3v) is 6.74. The second-order valence-electron chi connectivity index (χ2n) is 8.21. The maximum Gasteiger partial charge on any atom is 0.413 e. The molecule has 0 radical (unpaired) electrons. The number of rotatable bonds is 9. The van der Waals surface area contributed by atoms with E-state index in [2.05, 4.69) is 27.8 Å². The van der Waals surface area contributed by atoms with E-state index in [0.717, 1.165) is 27.1 Å². The van der Waals surface area contributed by atoms with Gasteiger partial charge >= 0.3 is 12.1 Å². The molecular weight excluding hydrogens is 470 g/mol. The lowest BCUT2D eigenvalue weighted by atomic mass is 9.98. The number of ether oxygens (including phenoxy) is 1. The highest BCUT2D eigenvalue weighted by Gasteiger charge is 2.29. The summed E-state index contributed by atoms with van der Waals surface area (Å²) in [5.74, 6) is -1.85. The Hall–Kier alpha value is -3.76. The fourth-order valence-corrected chi connectivity index (χ4v) is 4.87. The number of thiazole rings is 1. The van der Waals surface area contributed by atoms with Gasteiger partial charge in [0.1, 0.15) is 6.61 Å². The molecule has 4 N–H and O–H groups in total. The van der Waals surface area contributed by atoms with Gasteiger partial charge in [-0.1, -0.05) is 48.5 Å². The summed E-state index contributed by atoms with van der Waals surface area (Å²) >= 11 is 1.20. The molecule has 1 aromatic heterocycles. The van der Waals surface area contributed by atoms with Crippen LogP contribution in [-0.2, 0) is 20.7 Å². The van der Waals surface area contributed by atoms with Crippen LogP contribution in [0.15, 0.2) is 54.7 Å². The molecule has 0 aliphatic heterocycles. The number of fused-ring (bicyclic) bond motifs is 3. The fraction of sp³-hybridized carbons (Fsp3) is 0.280. The number of carboxylic acid groups (broad SMARTS) is 1. The summed E-state index contributed by atoms with van der Waals surface area (Å²) in [4.78, 5) is 40.4. The summed E-state index contributed by atoms with van der Waals surface area (Å²) in [7, 11) is 0. The Morgan fingerprint density at radius 3 is 2.31 bits per heavy atom. The molecular formula is C25H25N3O6S. The normalized spacial score (nSPS) is 13.9. The van der Waals surface area contributed by atoms with E-state index in [1.807, 2.05) is 36.4 Å². The number of aliphatic carboxylic acids is 1. The average Bonchev–Trinajstić information content (AvgIpc) is 3.41. The molecule has 0 unspecified atom stereocenters. The zero-order valence-electron chi connectivity index (χ0n) is 18.9. The van der Waals surface area contributed by atoms with Gasteiger partial charge in [0.15, 0.2) is 11.2 Å². The van der Waals surface area contributed by atoms with Gasteiger partial charge in [0, 0.05) is 23.4 Å². The van der Waals surface area contributed by atoms with Crippen LogP contribution in [0.2, 0.25) is 0 Å². The van der Waals surface area contributed by atoms with E-state index in [9.17, 15) is 19.5 Å². The molecule has 9 nitrogen and oxygen atoms in total. The molecule has 0 bridgehead atoms. The number of anilines is 1.